The molecule has 0 saturated carbocycles. The van der Waals surface area contributed by atoms with Crippen molar-refractivity contribution < 1.29 is 9.53 Å². The van der Waals surface area contributed by atoms with Crippen molar-refractivity contribution in [2.45, 2.75) is 20.4 Å². The first-order chi connectivity index (χ1) is 14.0. The SMILES string of the molecule is COc1ccc2cc(C(=O)N(C)Cc3nc(C)c4ccccc4n3)c(C)nc2c1. The standard InChI is InChI=1S/C23H22N4O2/c1-14-18-7-5-6-8-20(18)26-22(25-14)13-27(3)23(28)19-11-16-9-10-17(29-4)12-21(16)24-15(19)2/h5-12H,13H2,1-4H3. The van der Waals surface area contributed by atoms with E-state index < -0.39 is 0 Å². The number of hydrogen-bond donors (Lipinski definition) is 0. The third-order valence-electron chi connectivity index (χ3n) is 5.01. The monoisotopic (exact) mass is 386 g/mol. The summed E-state index contributed by atoms with van der Waals surface area (Å²) >= 11 is 0. The molecule has 6 nitrogen and oxygen atoms in total. The fourth-order valence-corrected chi connectivity index (χ4v) is 3.44. The Hall–Kier alpha value is -3.54. The van der Waals surface area contributed by atoms with Crippen LogP contribution in [0.25, 0.3) is 21.8 Å². The molecule has 2 heterocycles. The van der Waals surface area contributed by atoms with Crippen LogP contribution in [0.5, 0.6) is 5.75 Å². The van der Waals surface area contributed by atoms with E-state index in [1.165, 1.54) is 0 Å². The number of para-hydroxylation sites is 1. The van der Waals surface area contributed by atoms with E-state index in [1.54, 1.807) is 19.1 Å². The zero-order valence-electron chi connectivity index (χ0n) is 16.9. The lowest BCUT2D eigenvalue weighted by Gasteiger charge is -2.18. The highest BCUT2D eigenvalue weighted by atomic mass is 16.5. The Morgan fingerprint density at radius 1 is 0.966 bits per heavy atom. The number of pyridine rings is 1. The van der Waals surface area contributed by atoms with Gasteiger partial charge in [-0.25, -0.2) is 9.97 Å². The number of aromatic nitrogens is 3. The Kier molecular flexibility index (Phi) is 4.84. The molecule has 0 aliphatic carbocycles. The normalized spacial score (nSPS) is 11.0. The van der Waals surface area contributed by atoms with Gasteiger partial charge in [-0.15, -0.1) is 0 Å². The molecule has 4 rings (SSSR count). The summed E-state index contributed by atoms with van der Waals surface area (Å²) in [5.41, 5.74) is 3.84. The summed E-state index contributed by atoms with van der Waals surface area (Å²) in [4.78, 5) is 28.5. The Labute approximate surface area is 169 Å². The molecule has 146 valence electrons. The lowest BCUT2D eigenvalue weighted by atomic mass is 10.1. The Morgan fingerprint density at radius 3 is 2.55 bits per heavy atom. The molecule has 0 saturated heterocycles. The van der Waals surface area contributed by atoms with E-state index in [2.05, 4.69) is 15.0 Å². The van der Waals surface area contributed by atoms with Gasteiger partial charge in [0, 0.05) is 29.6 Å². The van der Waals surface area contributed by atoms with Crippen molar-refractivity contribution in [3.63, 3.8) is 0 Å². The smallest absolute Gasteiger partial charge is 0.255 e. The van der Waals surface area contributed by atoms with Crippen molar-refractivity contribution in [1.82, 2.24) is 19.9 Å². The molecule has 2 aromatic carbocycles. The van der Waals surface area contributed by atoms with Gasteiger partial charge < -0.3 is 9.64 Å². The highest BCUT2D eigenvalue weighted by molar-refractivity contribution is 5.98. The Balaban J connectivity index is 1.63. The minimum absolute atomic E-state index is 0.109. The van der Waals surface area contributed by atoms with Crippen LogP contribution in [0.4, 0.5) is 0 Å². The largest absolute Gasteiger partial charge is 0.497 e. The number of benzene rings is 2. The lowest BCUT2D eigenvalue weighted by Crippen LogP contribution is -2.28. The molecule has 0 fully saturated rings. The van der Waals surface area contributed by atoms with Crippen LogP contribution in [0.2, 0.25) is 0 Å². The van der Waals surface area contributed by atoms with Crippen LogP contribution in [0.1, 0.15) is 27.6 Å². The van der Waals surface area contributed by atoms with E-state index in [-0.39, 0.29) is 5.91 Å². The molecule has 4 aromatic rings. The van der Waals surface area contributed by atoms with E-state index in [0.29, 0.717) is 23.6 Å². The second-order valence-corrected chi connectivity index (χ2v) is 7.08. The number of rotatable bonds is 4. The highest BCUT2D eigenvalue weighted by Gasteiger charge is 2.18. The number of fused-ring (bicyclic) bond motifs is 2. The van der Waals surface area contributed by atoms with Gasteiger partial charge in [0.15, 0.2) is 0 Å². The lowest BCUT2D eigenvalue weighted by molar-refractivity contribution is 0.0780. The van der Waals surface area contributed by atoms with Gasteiger partial charge in [0.25, 0.3) is 5.91 Å². The van der Waals surface area contributed by atoms with E-state index in [9.17, 15) is 4.79 Å². The summed E-state index contributed by atoms with van der Waals surface area (Å²) in [5, 5.41) is 1.92. The first-order valence-electron chi connectivity index (χ1n) is 9.39. The topological polar surface area (TPSA) is 68.2 Å². The van der Waals surface area contributed by atoms with E-state index >= 15 is 0 Å². The van der Waals surface area contributed by atoms with Crippen LogP contribution >= 0.6 is 0 Å². The molecule has 0 radical (unpaired) electrons. The number of nitrogens with zero attached hydrogens (tertiary/aromatic N) is 4. The summed E-state index contributed by atoms with van der Waals surface area (Å²) < 4.78 is 5.26. The van der Waals surface area contributed by atoms with Crippen LogP contribution in [-0.4, -0.2) is 39.9 Å². The maximum atomic E-state index is 13.1. The number of methoxy groups -OCH3 is 1. The van der Waals surface area contributed by atoms with Gasteiger partial charge in [0.1, 0.15) is 11.6 Å². The van der Waals surface area contributed by atoms with Crippen molar-refractivity contribution in [3.8, 4) is 5.75 Å². The maximum absolute atomic E-state index is 13.1. The van der Waals surface area contributed by atoms with Gasteiger partial charge in [-0.2, -0.15) is 0 Å². The minimum Gasteiger partial charge on any atom is -0.497 e. The second-order valence-electron chi connectivity index (χ2n) is 7.08. The molecule has 0 aliphatic rings. The maximum Gasteiger partial charge on any atom is 0.255 e. The molecule has 6 heteroatoms. The van der Waals surface area contributed by atoms with Crippen LogP contribution in [0, 0.1) is 13.8 Å². The fraction of sp³-hybridized carbons (Fsp3) is 0.217. The summed E-state index contributed by atoms with van der Waals surface area (Å²) in [6, 6.07) is 15.4. The van der Waals surface area contributed by atoms with Crippen LogP contribution < -0.4 is 4.74 Å². The van der Waals surface area contributed by atoms with Gasteiger partial charge in [-0.1, -0.05) is 18.2 Å². The molecular formula is C23H22N4O2. The number of hydrogen-bond acceptors (Lipinski definition) is 5. The van der Waals surface area contributed by atoms with Crippen molar-refractivity contribution in [1.29, 1.82) is 0 Å². The molecule has 1 amide bonds. The van der Waals surface area contributed by atoms with Gasteiger partial charge >= 0.3 is 0 Å². The van der Waals surface area contributed by atoms with Gasteiger partial charge in [0.2, 0.25) is 0 Å². The van der Waals surface area contributed by atoms with E-state index in [0.717, 1.165) is 33.2 Å². The first-order valence-corrected chi connectivity index (χ1v) is 9.39. The average Bonchev–Trinajstić information content (AvgIpc) is 2.72. The predicted molar refractivity (Wildman–Crippen MR) is 113 cm³/mol. The highest BCUT2D eigenvalue weighted by Crippen LogP contribution is 2.23. The fourth-order valence-electron chi connectivity index (χ4n) is 3.44. The molecule has 0 N–H and O–H groups in total. The van der Waals surface area contributed by atoms with Crippen molar-refractivity contribution >= 4 is 27.7 Å². The van der Waals surface area contributed by atoms with Crippen LogP contribution in [-0.2, 0) is 6.54 Å². The van der Waals surface area contributed by atoms with Gasteiger partial charge in [-0.3, -0.25) is 9.78 Å². The molecule has 2 aromatic heterocycles. The molecule has 0 unspecified atom stereocenters. The Morgan fingerprint density at radius 2 is 1.76 bits per heavy atom. The minimum atomic E-state index is -0.109. The zero-order chi connectivity index (χ0) is 20.5. The second kappa shape index (κ2) is 7.47. The van der Waals surface area contributed by atoms with Crippen LogP contribution in [0.3, 0.4) is 0 Å². The zero-order valence-corrected chi connectivity index (χ0v) is 16.9. The summed E-state index contributed by atoms with van der Waals surface area (Å²) in [6.07, 6.45) is 0. The van der Waals surface area contributed by atoms with E-state index in [1.807, 2.05) is 62.4 Å². The molecule has 0 aliphatic heterocycles. The number of amides is 1. The van der Waals surface area contributed by atoms with Crippen molar-refractivity contribution in [3.05, 3.63) is 71.3 Å². The average molecular weight is 386 g/mol. The molecular weight excluding hydrogens is 364 g/mol. The number of carbonyl (C=O) groups excluding carboxylic acids is 1. The van der Waals surface area contributed by atoms with Gasteiger partial charge in [0.05, 0.1) is 35.9 Å². The third-order valence-corrected chi connectivity index (χ3v) is 5.01. The predicted octanol–water partition coefficient (Wildman–Crippen LogP) is 4.08. The third kappa shape index (κ3) is 3.61. The summed E-state index contributed by atoms with van der Waals surface area (Å²) in [5.74, 6) is 1.25. The summed E-state index contributed by atoms with van der Waals surface area (Å²) in [7, 11) is 3.38. The number of aryl methyl sites for hydroxylation is 2. The first kappa shape index (κ1) is 18.8. The van der Waals surface area contributed by atoms with E-state index in [4.69, 9.17) is 4.74 Å². The molecule has 0 spiro atoms. The number of carbonyl (C=O) groups is 1. The summed E-state index contributed by atoms with van der Waals surface area (Å²) in [6.45, 7) is 4.13. The van der Waals surface area contributed by atoms with Crippen molar-refractivity contribution in [2.75, 3.05) is 14.2 Å². The molecule has 29 heavy (non-hydrogen) atoms. The van der Waals surface area contributed by atoms with Crippen LogP contribution in [0.15, 0.2) is 48.5 Å². The molecule has 0 bridgehead atoms. The van der Waals surface area contributed by atoms with Gasteiger partial charge in [-0.05, 0) is 38.1 Å². The van der Waals surface area contributed by atoms with Crippen molar-refractivity contribution in [2.24, 2.45) is 0 Å². The molecule has 0 atom stereocenters. The number of ether oxygens (including phenoxy) is 1. The quantitative estimate of drug-likeness (QED) is 0.529. The Bertz CT molecular complexity index is 1240.